The molecule has 1 atom stereocenters. The second-order valence-electron chi connectivity index (χ2n) is 6.08. The number of hydrogen-bond donors (Lipinski definition) is 1. The summed E-state index contributed by atoms with van der Waals surface area (Å²) in [5.41, 5.74) is 0.506. The zero-order chi connectivity index (χ0) is 20.7. The third-order valence-corrected chi connectivity index (χ3v) is 5.32. The Labute approximate surface area is 170 Å². The molecule has 1 amide bonds. The molecule has 0 aliphatic carbocycles. The molecule has 9 heteroatoms. The molecule has 0 radical (unpaired) electrons. The number of anilines is 1. The number of sulfonamides is 1. The molecule has 1 N–H and O–H groups in total. The van der Waals surface area contributed by atoms with Crippen LogP contribution in [-0.4, -0.2) is 46.9 Å². The number of hydrogen-bond acceptors (Lipinski definition) is 5. The fourth-order valence-electron chi connectivity index (χ4n) is 2.20. The van der Waals surface area contributed by atoms with Crippen LogP contribution in [-0.2, 0) is 14.8 Å². The van der Waals surface area contributed by atoms with Crippen LogP contribution in [0.2, 0.25) is 5.02 Å². The predicted octanol–water partition coefficient (Wildman–Crippen LogP) is 2.70. The van der Waals surface area contributed by atoms with E-state index in [9.17, 15) is 13.2 Å². The fraction of sp³-hybridized carbons (Fsp3) is 0.316. The number of benzene rings is 2. The van der Waals surface area contributed by atoms with Crippen molar-refractivity contribution >= 4 is 33.2 Å². The van der Waals surface area contributed by atoms with E-state index in [1.54, 1.807) is 55.5 Å². The second-order valence-corrected chi connectivity index (χ2v) is 8.53. The molecule has 0 saturated carbocycles. The molecular weight excluding hydrogens is 404 g/mol. The van der Waals surface area contributed by atoms with E-state index >= 15 is 0 Å². The standard InChI is InChI=1S/C19H23ClN2O5S/c1-14(19(23)21-12-13-26-17-8-4-15(20)5-9-17)27-18-10-6-16(7-11-18)22(2)28(3,24)25/h4-11,14H,12-13H2,1-3H3,(H,21,23). The van der Waals surface area contributed by atoms with Crippen molar-refractivity contribution in [2.45, 2.75) is 13.0 Å². The maximum atomic E-state index is 12.1. The van der Waals surface area contributed by atoms with Crippen LogP contribution in [0.5, 0.6) is 11.5 Å². The van der Waals surface area contributed by atoms with E-state index in [0.717, 1.165) is 10.6 Å². The van der Waals surface area contributed by atoms with Gasteiger partial charge in [0.2, 0.25) is 10.0 Å². The number of rotatable bonds is 9. The summed E-state index contributed by atoms with van der Waals surface area (Å²) in [5.74, 6) is 0.852. The van der Waals surface area contributed by atoms with Gasteiger partial charge in [-0.2, -0.15) is 0 Å². The lowest BCUT2D eigenvalue weighted by Gasteiger charge is -2.18. The highest BCUT2D eigenvalue weighted by molar-refractivity contribution is 7.92. The lowest BCUT2D eigenvalue weighted by Crippen LogP contribution is -2.38. The molecule has 0 bridgehead atoms. The third-order valence-electron chi connectivity index (χ3n) is 3.86. The molecule has 152 valence electrons. The monoisotopic (exact) mass is 426 g/mol. The molecule has 2 rings (SSSR count). The van der Waals surface area contributed by atoms with E-state index < -0.39 is 16.1 Å². The summed E-state index contributed by atoms with van der Waals surface area (Å²) in [4.78, 5) is 12.1. The van der Waals surface area contributed by atoms with E-state index in [4.69, 9.17) is 21.1 Å². The smallest absolute Gasteiger partial charge is 0.260 e. The van der Waals surface area contributed by atoms with E-state index in [0.29, 0.717) is 35.4 Å². The summed E-state index contributed by atoms with van der Waals surface area (Å²) in [5, 5.41) is 3.36. The van der Waals surface area contributed by atoms with Crippen LogP contribution < -0.4 is 19.1 Å². The highest BCUT2D eigenvalue weighted by Crippen LogP contribution is 2.21. The number of carbonyl (C=O) groups excluding carboxylic acids is 1. The molecule has 0 saturated heterocycles. The van der Waals surface area contributed by atoms with Crippen LogP contribution in [0.4, 0.5) is 5.69 Å². The predicted molar refractivity (Wildman–Crippen MR) is 110 cm³/mol. The quantitative estimate of drug-likeness (QED) is 0.623. The van der Waals surface area contributed by atoms with Gasteiger partial charge in [-0.25, -0.2) is 8.42 Å². The minimum absolute atomic E-state index is 0.281. The number of nitrogens with one attached hydrogen (secondary N) is 1. The molecule has 28 heavy (non-hydrogen) atoms. The van der Waals surface area contributed by atoms with Crippen molar-refractivity contribution in [3.63, 3.8) is 0 Å². The van der Waals surface area contributed by atoms with Crippen molar-refractivity contribution in [1.82, 2.24) is 5.32 Å². The van der Waals surface area contributed by atoms with Crippen molar-refractivity contribution in [1.29, 1.82) is 0 Å². The first-order valence-corrected chi connectivity index (χ1v) is 10.8. The Bertz CT molecular complexity index is 886. The lowest BCUT2D eigenvalue weighted by atomic mass is 10.3. The molecule has 0 spiro atoms. The topological polar surface area (TPSA) is 84.9 Å². The van der Waals surface area contributed by atoms with Gasteiger partial charge in [-0.1, -0.05) is 11.6 Å². The maximum Gasteiger partial charge on any atom is 0.260 e. The van der Waals surface area contributed by atoms with E-state index in [2.05, 4.69) is 5.32 Å². The summed E-state index contributed by atoms with van der Waals surface area (Å²) >= 11 is 5.80. The zero-order valence-corrected chi connectivity index (χ0v) is 17.5. The summed E-state index contributed by atoms with van der Waals surface area (Å²) in [7, 11) is -1.86. The Morgan fingerprint density at radius 1 is 1.11 bits per heavy atom. The number of amides is 1. The average molecular weight is 427 g/mol. The normalized spacial score (nSPS) is 12.1. The van der Waals surface area contributed by atoms with Crippen LogP contribution in [0.25, 0.3) is 0 Å². The van der Waals surface area contributed by atoms with Crippen molar-refractivity contribution in [3.8, 4) is 11.5 Å². The van der Waals surface area contributed by atoms with Gasteiger partial charge < -0.3 is 14.8 Å². The molecule has 2 aromatic carbocycles. The van der Waals surface area contributed by atoms with Crippen LogP contribution >= 0.6 is 11.6 Å². The Hall–Kier alpha value is -2.45. The molecule has 0 heterocycles. The molecule has 1 unspecified atom stereocenters. The molecular formula is C19H23ClN2O5S. The van der Waals surface area contributed by atoms with Gasteiger partial charge in [0, 0.05) is 12.1 Å². The third kappa shape index (κ3) is 6.61. The Kier molecular flexibility index (Phi) is 7.53. The number of carbonyl (C=O) groups is 1. The fourth-order valence-corrected chi connectivity index (χ4v) is 2.83. The van der Waals surface area contributed by atoms with Crippen molar-refractivity contribution in [2.75, 3.05) is 30.8 Å². The van der Waals surface area contributed by atoms with Crippen LogP contribution in [0.3, 0.4) is 0 Å². The van der Waals surface area contributed by atoms with Crippen LogP contribution in [0.1, 0.15) is 6.92 Å². The van der Waals surface area contributed by atoms with Crippen molar-refractivity contribution in [2.24, 2.45) is 0 Å². The van der Waals surface area contributed by atoms with Gasteiger partial charge in [0.25, 0.3) is 5.91 Å². The summed E-state index contributed by atoms with van der Waals surface area (Å²) < 4.78 is 35.3. The highest BCUT2D eigenvalue weighted by atomic mass is 35.5. The molecule has 0 fully saturated rings. The van der Waals surface area contributed by atoms with Gasteiger partial charge in [-0.05, 0) is 55.5 Å². The number of nitrogens with zero attached hydrogens (tertiary/aromatic N) is 1. The van der Waals surface area contributed by atoms with Gasteiger partial charge in [0.05, 0.1) is 18.5 Å². The number of ether oxygens (including phenoxy) is 2. The first-order valence-electron chi connectivity index (χ1n) is 8.53. The van der Waals surface area contributed by atoms with E-state index in [1.165, 1.54) is 7.05 Å². The van der Waals surface area contributed by atoms with Crippen molar-refractivity contribution in [3.05, 3.63) is 53.6 Å². The van der Waals surface area contributed by atoms with Crippen LogP contribution in [0.15, 0.2) is 48.5 Å². The van der Waals surface area contributed by atoms with Gasteiger partial charge in [0.1, 0.15) is 18.1 Å². The largest absolute Gasteiger partial charge is 0.492 e. The molecule has 0 aromatic heterocycles. The summed E-state index contributed by atoms with van der Waals surface area (Å²) in [6, 6.07) is 13.4. The minimum Gasteiger partial charge on any atom is -0.492 e. The number of halogens is 1. The Morgan fingerprint density at radius 2 is 1.68 bits per heavy atom. The first-order chi connectivity index (χ1) is 13.2. The molecule has 7 nitrogen and oxygen atoms in total. The van der Waals surface area contributed by atoms with Crippen molar-refractivity contribution < 1.29 is 22.7 Å². The minimum atomic E-state index is -3.33. The maximum absolute atomic E-state index is 12.1. The highest BCUT2D eigenvalue weighted by Gasteiger charge is 2.15. The summed E-state index contributed by atoms with van der Waals surface area (Å²) in [6.45, 7) is 2.27. The SMILES string of the molecule is CC(Oc1ccc(N(C)S(C)(=O)=O)cc1)C(=O)NCCOc1ccc(Cl)cc1. The van der Waals surface area contributed by atoms with Gasteiger partial charge in [-0.15, -0.1) is 0 Å². The van der Waals surface area contributed by atoms with Gasteiger partial charge in [-0.3, -0.25) is 9.10 Å². The lowest BCUT2D eigenvalue weighted by molar-refractivity contribution is -0.127. The summed E-state index contributed by atoms with van der Waals surface area (Å²) in [6.07, 6.45) is 0.412. The van der Waals surface area contributed by atoms with E-state index in [1.807, 2.05) is 0 Å². The van der Waals surface area contributed by atoms with Crippen LogP contribution in [0, 0.1) is 0 Å². The second kappa shape index (κ2) is 9.66. The molecule has 0 aliphatic heterocycles. The zero-order valence-electron chi connectivity index (χ0n) is 15.9. The Morgan fingerprint density at radius 3 is 2.25 bits per heavy atom. The van der Waals surface area contributed by atoms with Gasteiger partial charge in [0.15, 0.2) is 6.10 Å². The first kappa shape index (κ1) is 21.8. The molecule has 0 aliphatic rings. The molecule has 2 aromatic rings. The van der Waals surface area contributed by atoms with Gasteiger partial charge >= 0.3 is 0 Å². The Balaban J connectivity index is 1.77. The van der Waals surface area contributed by atoms with E-state index in [-0.39, 0.29) is 5.91 Å². The average Bonchev–Trinajstić information content (AvgIpc) is 2.65.